The van der Waals surface area contributed by atoms with Crippen molar-refractivity contribution in [3.8, 4) is 0 Å². The summed E-state index contributed by atoms with van der Waals surface area (Å²) in [6.45, 7) is 0. The molecule has 0 heterocycles. The Bertz CT molecular complexity index is 536. The Morgan fingerprint density at radius 3 is 2.50 bits per heavy atom. The van der Waals surface area contributed by atoms with Gasteiger partial charge in [0.05, 0.1) is 30.6 Å². The van der Waals surface area contributed by atoms with Gasteiger partial charge in [0, 0.05) is 5.56 Å². The van der Waals surface area contributed by atoms with Gasteiger partial charge in [-0.25, -0.2) is 4.39 Å². The van der Waals surface area contributed by atoms with Gasteiger partial charge in [0.25, 0.3) is 0 Å². The van der Waals surface area contributed by atoms with E-state index in [4.69, 9.17) is 0 Å². The highest BCUT2D eigenvalue weighted by Crippen LogP contribution is 2.28. The van der Waals surface area contributed by atoms with Crippen LogP contribution in [-0.4, -0.2) is 34.3 Å². The fraction of sp³-hybridized carbons (Fsp3) is 0.364. The number of carbonyl (C=O) groups is 1. The molecule has 2 atom stereocenters. The summed E-state index contributed by atoms with van der Waals surface area (Å²) in [4.78, 5) is 20.2. The van der Waals surface area contributed by atoms with Crippen LogP contribution < -0.4 is 0 Å². The molecule has 9 heteroatoms. The van der Waals surface area contributed by atoms with Crippen LogP contribution >= 0.6 is 0 Å². The van der Waals surface area contributed by atoms with Gasteiger partial charge in [-0.1, -0.05) is 0 Å². The summed E-state index contributed by atoms with van der Waals surface area (Å²) < 4.78 is 31.1. The second-order valence-corrected chi connectivity index (χ2v) is 3.87. The fourth-order valence-electron chi connectivity index (χ4n) is 1.49. The second kappa shape index (κ2) is 6.35. The van der Waals surface area contributed by atoms with Crippen molar-refractivity contribution in [2.75, 3.05) is 7.11 Å². The van der Waals surface area contributed by atoms with Gasteiger partial charge >= 0.3 is 11.7 Å². The van der Waals surface area contributed by atoms with Crippen LogP contribution in [0.15, 0.2) is 12.1 Å². The predicted molar refractivity (Wildman–Crippen MR) is 60.6 cm³/mol. The Kier molecular flexibility index (Phi) is 5.06. The number of esters is 1. The molecule has 0 bridgehead atoms. The minimum absolute atomic E-state index is 0.290. The molecule has 0 saturated heterocycles. The van der Waals surface area contributed by atoms with Gasteiger partial charge in [-0.15, -0.1) is 0 Å². The monoisotopic (exact) mass is 291 g/mol. The highest BCUT2D eigenvalue weighted by Gasteiger charge is 2.27. The molecule has 1 aromatic rings. The van der Waals surface area contributed by atoms with E-state index >= 15 is 0 Å². The molecule has 2 unspecified atom stereocenters. The number of rotatable bonds is 5. The molecule has 7 nitrogen and oxygen atoms in total. The largest absolute Gasteiger partial charge is 0.469 e. The standard InChI is InChI=1S/C11H11F2NO6/c1-20-10(16)4-9(15)11(17)5-2-7(13)8(14(18)19)3-6(5)12/h2-3,9,11,15,17H,4H2,1H3. The molecule has 0 aliphatic heterocycles. The molecule has 0 aromatic heterocycles. The van der Waals surface area contributed by atoms with Crippen LogP contribution in [0, 0.1) is 21.7 Å². The summed E-state index contributed by atoms with van der Waals surface area (Å²) in [5, 5.41) is 29.5. The Balaban J connectivity index is 3.04. The van der Waals surface area contributed by atoms with Crippen molar-refractivity contribution in [2.45, 2.75) is 18.6 Å². The summed E-state index contributed by atoms with van der Waals surface area (Å²) >= 11 is 0. The van der Waals surface area contributed by atoms with Gasteiger partial charge in [-0.2, -0.15) is 4.39 Å². The second-order valence-electron chi connectivity index (χ2n) is 3.87. The van der Waals surface area contributed by atoms with E-state index in [9.17, 15) is 33.9 Å². The number of aliphatic hydroxyl groups excluding tert-OH is 2. The predicted octanol–water partition coefficient (Wildman–Crippen LogP) is 0.830. The third-order valence-electron chi connectivity index (χ3n) is 2.55. The lowest BCUT2D eigenvalue weighted by atomic mass is 10.0. The first-order valence-electron chi connectivity index (χ1n) is 5.34. The summed E-state index contributed by atoms with van der Waals surface area (Å²) in [6, 6.07) is 0.692. The smallest absolute Gasteiger partial charge is 0.308 e. The minimum Gasteiger partial charge on any atom is -0.469 e. The number of aliphatic hydroxyl groups is 2. The Hall–Kier alpha value is -2.13. The van der Waals surface area contributed by atoms with Crippen LogP contribution in [0.3, 0.4) is 0 Å². The lowest BCUT2D eigenvalue weighted by Crippen LogP contribution is -2.23. The normalized spacial score (nSPS) is 13.7. The summed E-state index contributed by atoms with van der Waals surface area (Å²) in [5.41, 5.74) is -1.79. The first kappa shape index (κ1) is 15.9. The molecule has 2 N–H and O–H groups in total. The number of ether oxygens (including phenoxy) is 1. The highest BCUT2D eigenvalue weighted by atomic mass is 19.1. The Labute approximate surface area is 111 Å². The molecule has 0 radical (unpaired) electrons. The molecule has 0 spiro atoms. The number of nitro benzene ring substituents is 1. The van der Waals surface area contributed by atoms with Crippen molar-refractivity contribution in [3.63, 3.8) is 0 Å². The number of halogens is 2. The van der Waals surface area contributed by atoms with Crippen molar-refractivity contribution in [2.24, 2.45) is 0 Å². The van der Waals surface area contributed by atoms with Crippen LogP contribution in [-0.2, 0) is 9.53 Å². The number of nitrogens with zero attached hydrogens (tertiary/aromatic N) is 1. The van der Waals surface area contributed by atoms with Crippen LogP contribution in [0.2, 0.25) is 0 Å². The molecule has 0 aliphatic carbocycles. The maximum Gasteiger partial charge on any atom is 0.308 e. The number of hydrogen-bond donors (Lipinski definition) is 2. The van der Waals surface area contributed by atoms with Crippen LogP contribution in [0.1, 0.15) is 18.1 Å². The quantitative estimate of drug-likeness (QED) is 0.472. The molecule has 110 valence electrons. The Morgan fingerprint density at radius 1 is 1.40 bits per heavy atom. The number of benzene rings is 1. The van der Waals surface area contributed by atoms with E-state index in [1.807, 2.05) is 0 Å². The van der Waals surface area contributed by atoms with E-state index < -0.39 is 52.4 Å². The van der Waals surface area contributed by atoms with Gasteiger partial charge in [0.15, 0.2) is 0 Å². The van der Waals surface area contributed by atoms with Crippen molar-refractivity contribution in [3.05, 3.63) is 39.4 Å². The lowest BCUT2D eigenvalue weighted by Gasteiger charge is -2.17. The first-order chi connectivity index (χ1) is 9.27. The van der Waals surface area contributed by atoms with E-state index in [1.54, 1.807) is 0 Å². The van der Waals surface area contributed by atoms with E-state index in [0.29, 0.717) is 12.1 Å². The van der Waals surface area contributed by atoms with Gasteiger partial charge in [-0.3, -0.25) is 14.9 Å². The molecule has 20 heavy (non-hydrogen) atoms. The summed E-state index contributed by atoms with van der Waals surface area (Å²) in [7, 11) is 1.05. The average molecular weight is 291 g/mol. The zero-order chi connectivity index (χ0) is 15.4. The SMILES string of the molecule is COC(=O)CC(O)C(O)c1cc(F)c([N+](=O)[O-])cc1F. The van der Waals surface area contributed by atoms with Crippen LogP contribution in [0.25, 0.3) is 0 Å². The maximum atomic E-state index is 13.6. The average Bonchev–Trinajstić information content (AvgIpc) is 2.39. The van der Waals surface area contributed by atoms with Crippen molar-refractivity contribution in [1.29, 1.82) is 0 Å². The maximum absolute atomic E-state index is 13.6. The highest BCUT2D eigenvalue weighted by molar-refractivity contribution is 5.69. The molecule has 0 aliphatic rings. The Morgan fingerprint density at radius 2 is 2.00 bits per heavy atom. The molecule has 0 fully saturated rings. The molecular formula is C11H11F2NO6. The van der Waals surface area contributed by atoms with E-state index in [-0.39, 0.29) is 0 Å². The van der Waals surface area contributed by atoms with Gasteiger partial charge in [0.1, 0.15) is 11.9 Å². The third-order valence-corrected chi connectivity index (χ3v) is 2.55. The first-order valence-corrected chi connectivity index (χ1v) is 5.34. The minimum atomic E-state index is -1.93. The lowest BCUT2D eigenvalue weighted by molar-refractivity contribution is -0.387. The van der Waals surface area contributed by atoms with Crippen LogP contribution in [0.4, 0.5) is 14.5 Å². The molecule has 0 saturated carbocycles. The summed E-state index contributed by atoms with van der Waals surface area (Å²) in [6.07, 6.45) is -4.31. The molecule has 1 aromatic carbocycles. The van der Waals surface area contributed by atoms with E-state index in [2.05, 4.69) is 4.74 Å². The topological polar surface area (TPSA) is 110 Å². The number of nitro groups is 1. The fourth-order valence-corrected chi connectivity index (χ4v) is 1.49. The van der Waals surface area contributed by atoms with Crippen molar-refractivity contribution < 1.29 is 33.4 Å². The molecular weight excluding hydrogens is 280 g/mol. The number of hydrogen-bond acceptors (Lipinski definition) is 6. The van der Waals surface area contributed by atoms with Crippen molar-refractivity contribution in [1.82, 2.24) is 0 Å². The van der Waals surface area contributed by atoms with E-state index in [0.717, 1.165) is 7.11 Å². The van der Waals surface area contributed by atoms with Gasteiger partial charge in [-0.05, 0) is 6.07 Å². The number of carbonyl (C=O) groups excluding carboxylic acids is 1. The zero-order valence-electron chi connectivity index (χ0n) is 10.2. The van der Waals surface area contributed by atoms with Crippen molar-refractivity contribution >= 4 is 11.7 Å². The zero-order valence-corrected chi connectivity index (χ0v) is 10.2. The van der Waals surface area contributed by atoms with E-state index in [1.165, 1.54) is 0 Å². The molecule has 0 amide bonds. The number of methoxy groups -OCH3 is 1. The van der Waals surface area contributed by atoms with Crippen LogP contribution in [0.5, 0.6) is 0 Å². The molecule has 1 rings (SSSR count). The van der Waals surface area contributed by atoms with Gasteiger partial charge in [0.2, 0.25) is 5.82 Å². The summed E-state index contributed by atoms with van der Waals surface area (Å²) in [5.74, 6) is -3.50. The third kappa shape index (κ3) is 3.45. The van der Waals surface area contributed by atoms with Gasteiger partial charge < -0.3 is 14.9 Å².